The highest BCUT2D eigenvalue weighted by molar-refractivity contribution is 5.46. The lowest BCUT2D eigenvalue weighted by Crippen LogP contribution is -2.21. The average molecular weight is 238 g/mol. The molecule has 1 fully saturated rings. The number of nitrogens with two attached hydrogens (primary N) is 1. The number of hydrogen-bond donors (Lipinski definition) is 2. The summed E-state index contributed by atoms with van der Waals surface area (Å²) in [6, 6.07) is 1.79. The summed E-state index contributed by atoms with van der Waals surface area (Å²) < 4.78 is 5.07. The molecule has 0 radical (unpaired) electrons. The van der Waals surface area contributed by atoms with Crippen molar-refractivity contribution in [1.29, 1.82) is 0 Å². The fourth-order valence-corrected chi connectivity index (χ4v) is 2.16. The molecule has 1 unspecified atom stereocenters. The molecular weight excluding hydrogens is 220 g/mol. The van der Waals surface area contributed by atoms with E-state index in [1.807, 2.05) is 0 Å². The molecule has 1 aromatic rings. The predicted molar refractivity (Wildman–Crippen MR) is 65.0 cm³/mol. The van der Waals surface area contributed by atoms with Crippen LogP contribution in [0.4, 0.5) is 11.8 Å². The van der Waals surface area contributed by atoms with Gasteiger partial charge in [-0.25, -0.2) is 0 Å². The molecule has 94 valence electrons. The highest BCUT2D eigenvalue weighted by Crippen LogP contribution is 2.26. The lowest BCUT2D eigenvalue weighted by Gasteiger charge is -2.18. The predicted octanol–water partition coefficient (Wildman–Crippen LogP) is 0.276. The van der Waals surface area contributed by atoms with E-state index in [2.05, 4.69) is 14.9 Å². The van der Waals surface area contributed by atoms with Crippen LogP contribution >= 0.6 is 0 Å². The molecule has 2 rings (SSSR count). The Kier molecular flexibility index (Phi) is 3.63. The number of nitrogen functional groups attached to an aromatic ring is 1. The number of aliphatic hydroxyl groups is 1. The van der Waals surface area contributed by atoms with Crippen molar-refractivity contribution in [3.63, 3.8) is 0 Å². The van der Waals surface area contributed by atoms with E-state index >= 15 is 0 Å². The fourth-order valence-electron chi connectivity index (χ4n) is 2.16. The third kappa shape index (κ3) is 2.76. The summed E-state index contributed by atoms with van der Waals surface area (Å²) in [6.45, 7) is 2.08. The third-order valence-electron chi connectivity index (χ3n) is 3.06. The first-order chi connectivity index (χ1) is 8.22. The van der Waals surface area contributed by atoms with Crippen LogP contribution in [0.2, 0.25) is 0 Å². The average Bonchev–Trinajstić information content (AvgIpc) is 2.77. The van der Waals surface area contributed by atoms with Gasteiger partial charge in [-0.1, -0.05) is 0 Å². The second kappa shape index (κ2) is 5.18. The molecule has 1 atom stereocenters. The van der Waals surface area contributed by atoms with Crippen LogP contribution in [0.15, 0.2) is 6.07 Å². The molecule has 0 amide bonds. The van der Waals surface area contributed by atoms with Crippen LogP contribution in [0.25, 0.3) is 0 Å². The summed E-state index contributed by atoms with van der Waals surface area (Å²) in [5.41, 5.74) is 5.63. The van der Waals surface area contributed by atoms with Crippen molar-refractivity contribution in [3.8, 4) is 5.88 Å². The second-order valence-electron chi connectivity index (χ2n) is 4.24. The third-order valence-corrected chi connectivity index (χ3v) is 3.06. The molecule has 1 aliphatic rings. The number of ether oxygens (including phenoxy) is 1. The van der Waals surface area contributed by atoms with Gasteiger partial charge in [0.05, 0.1) is 7.11 Å². The monoisotopic (exact) mass is 238 g/mol. The topological polar surface area (TPSA) is 84.5 Å². The van der Waals surface area contributed by atoms with Gasteiger partial charge >= 0.3 is 0 Å². The van der Waals surface area contributed by atoms with Crippen molar-refractivity contribution in [3.05, 3.63) is 6.07 Å². The number of anilines is 2. The molecule has 6 heteroatoms. The van der Waals surface area contributed by atoms with Gasteiger partial charge < -0.3 is 20.5 Å². The molecule has 0 bridgehead atoms. The van der Waals surface area contributed by atoms with Crippen molar-refractivity contribution >= 4 is 11.8 Å². The van der Waals surface area contributed by atoms with E-state index in [9.17, 15) is 0 Å². The van der Waals surface area contributed by atoms with Gasteiger partial charge in [0.1, 0.15) is 5.82 Å². The highest BCUT2D eigenvalue weighted by atomic mass is 16.5. The Morgan fingerprint density at radius 1 is 1.59 bits per heavy atom. The smallest absolute Gasteiger partial charge is 0.225 e. The maximum atomic E-state index is 8.93. The molecule has 17 heavy (non-hydrogen) atoms. The van der Waals surface area contributed by atoms with Crippen LogP contribution in [0, 0.1) is 5.92 Å². The van der Waals surface area contributed by atoms with Crippen LogP contribution in [0.3, 0.4) is 0 Å². The summed E-state index contributed by atoms with van der Waals surface area (Å²) in [5.74, 6) is 2.04. The Morgan fingerprint density at radius 2 is 2.41 bits per heavy atom. The number of methoxy groups -OCH3 is 1. The SMILES string of the molecule is COc1cc(N2CCC(CCO)C2)nc(N)n1. The first-order valence-electron chi connectivity index (χ1n) is 5.77. The standard InChI is InChI=1S/C11H18N4O2/c1-17-10-6-9(13-11(12)14-10)15-4-2-8(7-15)3-5-16/h6,8,16H,2-5,7H2,1H3,(H2,12,13,14). The van der Waals surface area contributed by atoms with Crippen LogP contribution in [0.1, 0.15) is 12.8 Å². The number of rotatable bonds is 4. The maximum absolute atomic E-state index is 8.93. The Morgan fingerprint density at radius 3 is 3.12 bits per heavy atom. The largest absolute Gasteiger partial charge is 0.481 e. The number of aromatic nitrogens is 2. The van der Waals surface area contributed by atoms with Gasteiger partial charge in [0, 0.05) is 25.8 Å². The molecule has 1 saturated heterocycles. The molecule has 2 heterocycles. The first-order valence-corrected chi connectivity index (χ1v) is 5.77. The van der Waals surface area contributed by atoms with E-state index in [1.165, 1.54) is 0 Å². The van der Waals surface area contributed by atoms with Gasteiger partial charge in [-0.3, -0.25) is 0 Å². The molecular formula is C11H18N4O2. The lowest BCUT2D eigenvalue weighted by molar-refractivity contribution is 0.263. The molecule has 0 saturated carbocycles. The quantitative estimate of drug-likeness (QED) is 0.783. The first kappa shape index (κ1) is 11.9. The molecule has 1 aliphatic heterocycles. The number of aliphatic hydroxyl groups excluding tert-OH is 1. The molecule has 0 aromatic carbocycles. The van der Waals surface area contributed by atoms with Crippen molar-refractivity contribution in [2.24, 2.45) is 5.92 Å². The van der Waals surface area contributed by atoms with Crippen LogP contribution in [-0.4, -0.2) is 41.9 Å². The zero-order valence-corrected chi connectivity index (χ0v) is 9.96. The van der Waals surface area contributed by atoms with Gasteiger partial charge in [-0.2, -0.15) is 9.97 Å². The summed E-state index contributed by atoms with van der Waals surface area (Å²) in [7, 11) is 1.56. The minimum atomic E-state index is 0.227. The van der Waals surface area contributed by atoms with Crippen molar-refractivity contribution in [2.75, 3.05) is 37.4 Å². The molecule has 6 nitrogen and oxygen atoms in total. The van der Waals surface area contributed by atoms with Gasteiger partial charge in [0.15, 0.2) is 0 Å². The van der Waals surface area contributed by atoms with E-state index in [1.54, 1.807) is 13.2 Å². The molecule has 0 spiro atoms. The highest BCUT2D eigenvalue weighted by Gasteiger charge is 2.23. The fraction of sp³-hybridized carbons (Fsp3) is 0.636. The lowest BCUT2D eigenvalue weighted by atomic mass is 10.1. The zero-order valence-electron chi connectivity index (χ0n) is 9.96. The molecule has 3 N–H and O–H groups in total. The summed E-state index contributed by atoms with van der Waals surface area (Å²) in [5, 5.41) is 8.93. The molecule has 0 aliphatic carbocycles. The van der Waals surface area contributed by atoms with Crippen molar-refractivity contribution < 1.29 is 9.84 Å². The van der Waals surface area contributed by atoms with E-state index in [4.69, 9.17) is 15.6 Å². The van der Waals surface area contributed by atoms with Gasteiger partial charge in [0.25, 0.3) is 0 Å². The van der Waals surface area contributed by atoms with Crippen molar-refractivity contribution in [2.45, 2.75) is 12.8 Å². The summed E-state index contributed by atoms with van der Waals surface area (Å²) in [4.78, 5) is 10.3. The van der Waals surface area contributed by atoms with Crippen LogP contribution in [0.5, 0.6) is 5.88 Å². The van der Waals surface area contributed by atoms with E-state index < -0.39 is 0 Å². The van der Waals surface area contributed by atoms with E-state index in [0.29, 0.717) is 11.8 Å². The van der Waals surface area contributed by atoms with Crippen LogP contribution in [-0.2, 0) is 0 Å². The summed E-state index contributed by atoms with van der Waals surface area (Å²) >= 11 is 0. The maximum Gasteiger partial charge on any atom is 0.225 e. The minimum Gasteiger partial charge on any atom is -0.481 e. The Balaban J connectivity index is 2.10. The van der Waals surface area contributed by atoms with Crippen LogP contribution < -0.4 is 15.4 Å². The Bertz CT molecular complexity index is 386. The minimum absolute atomic E-state index is 0.227. The van der Waals surface area contributed by atoms with E-state index in [-0.39, 0.29) is 12.6 Å². The Hall–Kier alpha value is -1.56. The van der Waals surface area contributed by atoms with E-state index in [0.717, 1.165) is 31.7 Å². The van der Waals surface area contributed by atoms with Crippen molar-refractivity contribution in [1.82, 2.24) is 9.97 Å². The van der Waals surface area contributed by atoms with Gasteiger partial charge in [-0.15, -0.1) is 0 Å². The normalized spacial score (nSPS) is 19.6. The van der Waals surface area contributed by atoms with Gasteiger partial charge in [-0.05, 0) is 18.8 Å². The second-order valence-corrected chi connectivity index (χ2v) is 4.24. The number of nitrogens with zero attached hydrogens (tertiary/aromatic N) is 3. The summed E-state index contributed by atoms with van der Waals surface area (Å²) in [6.07, 6.45) is 1.92. The Labute approximate surface area is 100 Å². The van der Waals surface area contributed by atoms with Gasteiger partial charge in [0.2, 0.25) is 11.8 Å². The number of hydrogen-bond acceptors (Lipinski definition) is 6. The molecule has 1 aromatic heterocycles. The zero-order chi connectivity index (χ0) is 12.3.